The molecular weight excluding hydrogens is 384 g/mol. The largest absolute Gasteiger partial charge is 0.326 e. The molecule has 0 fully saturated rings. The molecule has 0 bridgehead atoms. The van der Waals surface area contributed by atoms with Crippen LogP contribution in [0.4, 0.5) is 5.69 Å². The highest BCUT2D eigenvalue weighted by Crippen LogP contribution is 2.27. The zero-order valence-electron chi connectivity index (χ0n) is 15.8. The van der Waals surface area contributed by atoms with Gasteiger partial charge < -0.3 is 5.32 Å². The second kappa shape index (κ2) is 8.19. The summed E-state index contributed by atoms with van der Waals surface area (Å²) in [5, 5.41) is 2.78. The molecule has 6 heteroatoms. The number of nitrogens with one attached hydrogen (secondary N) is 2. The SMILES string of the molecule is O=C1CCc2cc(S(=O)(=O)NC(Cc3ccccc3)c3ccccc3)ccc2N1. The molecule has 3 aromatic carbocycles. The van der Waals surface area contributed by atoms with E-state index in [1.165, 1.54) is 6.07 Å². The van der Waals surface area contributed by atoms with E-state index in [1.807, 2.05) is 60.7 Å². The van der Waals surface area contributed by atoms with Crippen molar-refractivity contribution in [2.24, 2.45) is 0 Å². The summed E-state index contributed by atoms with van der Waals surface area (Å²) in [7, 11) is -3.74. The van der Waals surface area contributed by atoms with Gasteiger partial charge in [0, 0.05) is 12.1 Å². The number of benzene rings is 3. The number of sulfonamides is 1. The first-order chi connectivity index (χ1) is 14.0. The monoisotopic (exact) mass is 406 g/mol. The lowest BCUT2D eigenvalue weighted by atomic mass is 10.00. The molecule has 29 heavy (non-hydrogen) atoms. The smallest absolute Gasteiger partial charge is 0.241 e. The van der Waals surface area contributed by atoms with Gasteiger partial charge in [0.05, 0.1) is 10.9 Å². The maximum atomic E-state index is 13.2. The number of fused-ring (bicyclic) bond motifs is 1. The number of anilines is 1. The predicted octanol–water partition coefficient (Wildman–Crippen LogP) is 3.83. The Morgan fingerprint density at radius 3 is 2.31 bits per heavy atom. The Bertz CT molecular complexity index is 1110. The van der Waals surface area contributed by atoms with Crippen molar-refractivity contribution in [2.75, 3.05) is 5.32 Å². The molecule has 4 rings (SSSR count). The van der Waals surface area contributed by atoms with Gasteiger partial charge in [0.15, 0.2) is 0 Å². The van der Waals surface area contributed by atoms with Gasteiger partial charge in [-0.3, -0.25) is 4.79 Å². The third-order valence-electron chi connectivity index (χ3n) is 5.06. The first kappa shape index (κ1) is 19.4. The summed E-state index contributed by atoms with van der Waals surface area (Å²) in [4.78, 5) is 11.8. The zero-order chi connectivity index (χ0) is 20.3. The summed E-state index contributed by atoms with van der Waals surface area (Å²) >= 11 is 0. The molecule has 0 saturated heterocycles. The lowest BCUT2D eigenvalue weighted by Gasteiger charge is -2.21. The summed E-state index contributed by atoms with van der Waals surface area (Å²) in [6, 6.07) is 23.9. The average Bonchev–Trinajstić information content (AvgIpc) is 2.74. The van der Waals surface area contributed by atoms with Gasteiger partial charge in [0.2, 0.25) is 15.9 Å². The van der Waals surface area contributed by atoms with Crippen molar-refractivity contribution >= 4 is 21.6 Å². The molecule has 1 unspecified atom stereocenters. The highest BCUT2D eigenvalue weighted by Gasteiger charge is 2.24. The molecule has 0 radical (unpaired) electrons. The highest BCUT2D eigenvalue weighted by molar-refractivity contribution is 7.89. The molecule has 1 amide bonds. The van der Waals surface area contributed by atoms with Crippen LogP contribution in [0.25, 0.3) is 0 Å². The third kappa shape index (κ3) is 4.55. The predicted molar refractivity (Wildman–Crippen MR) is 113 cm³/mol. The number of hydrogen-bond donors (Lipinski definition) is 2. The zero-order valence-corrected chi connectivity index (χ0v) is 16.7. The molecular formula is C23H22N2O3S. The molecule has 148 valence electrons. The Morgan fingerprint density at radius 2 is 1.59 bits per heavy atom. The summed E-state index contributed by atoms with van der Waals surface area (Å²) in [5.74, 6) is -0.0433. The molecule has 1 aliphatic heterocycles. The van der Waals surface area contributed by atoms with E-state index in [1.54, 1.807) is 12.1 Å². The van der Waals surface area contributed by atoms with E-state index in [2.05, 4.69) is 10.0 Å². The summed E-state index contributed by atoms with van der Waals surface area (Å²) in [5.41, 5.74) is 3.48. The topological polar surface area (TPSA) is 75.3 Å². The fourth-order valence-corrected chi connectivity index (χ4v) is 4.82. The molecule has 3 aromatic rings. The highest BCUT2D eigenvalue weighted by atomic mass is 32.2. The third-order valence-corrected chi connectivity index (χ3v) is 6.53. The van der Waals surface area contributed by atoms with Crippen molar-refractivity contribution in [1.82, 2.24) is 4.72 Å². The Balaban J connectivity index is 1.63. The second-order valence-electron chi connectivity index (χ2n) is 7.14. The molecule has 0 aliphatic carbocycles. The fraction of sp³-hybridized carbons (Fsp3) is 0.174. The van der Waals surface area contributed by atoms with Gasteiger partial charge in [0.25, 0.3) is 0 Å². The second-order valence-corrected chi connectivity index (χ2v) is 8.86. The van der Waals surface area contributed by atoms with Gasteiger partial charge in [-0.2, -0.15) is 0 Å². The van der Waals surface area contributed by atoms with E-state index in [0.29, 0.717) is 24.9 Å². The van der Waals surface area contributed by atoms with Crippen molar-refractivity contribution in [3.8, 4) is 0 Å². The fourth-order valence-electron chi connectivity index (χ4n) is 3.54. The Labute approximate surface area is 170 Å². The molecule has 0 aromatic heterocycles. The minimum atomic E-state index is -3.74. The van der Waals surface area contributed by atoms with Gasteiger partial charge in [-0.1, -0.05) is 60.7 Å². The van der Waals surface area contributed by atoms with E-state index in [-0.39, 0.29) is 16.8 Å². The summed E-state index contributed by atoms with van der Waals surface area (Å²) in [6.07, 6.45) is 1.45. The van der Waals surface area contributed by atoms with Crippen LogP contribution in [0.1, 0.15) is 29.2 Å². The lowest BCUT2D eigenvalue weighted by Crippen LogP contribution is -2.30. The number of aryl methyl sites for hydroxylation is 1. The summed E-state index contributed by atoms with van der Waals surface area (Å²) < 4.78 is 29.2. The van der Waals surface area contributed by atoms with Gasteiger partial charge in [-0.05, 0) is 47.7 Å². The Hall–Kier alpha value is -2.96. The maximum Gasteiger partial charge on any atom is 0.241 e. The molecule has 0 spiro atoms. The van der Waals surface area contributed by atoms with E-state index in [4.69, 9.17) is 0 Å². The maximum absolute atomic E-state index is 13.2. The van der Waals surface area contributed by atoms with Crippen LogP contribution in [-0.2, 0) is 27.7 Å². The van der Waals surface area contributed by atoms with Gasteiger partial charge >= 0.3 is 0 Å². The molecule has 1 aliphatic rings. The molecule has 1 heterocycles. The van der Waals surface area contributed by atoms with Crippen molar-refractivity contribution < 1.29 is 13.2 Å². The van der Waals surface area contributed by atoms with Crippen LogP contribution in [0.2, 0.25) is 0 Å². The van der Waals surface area contributed by atoms with Crippen LogP contribution >= 0.6 is 0 Å². The summed E-state index contributed by atoms with van der Waals surface area (Å²) in [6.45, 7) is 0. The molecule has 0 saturated carbocycles. The van der Waals surface area contributed by atoms with E-state index in [9.17, 15) is 13.2 Å². The van der Waals surface area contributed by atoms with Gasteiger partial charge in [-0.15, -0.1) is 0 Å². The van der Waals surface area contributed by atoms with Crippen molar-refractivity contribution in [3.63, 3.8) is 0 Å². The van der Waals surface area contributed by atoms with Crippen molar-refractivity contribution in [2.45, 2.75) is 30.2 Å². The van der Waals surface area contributed by atoms with E-state index in [0.717, 1.165) is 16.7 Å². The minimum Gasteiger partial charge on any atom is -0.326 e. The Kier molecular flexibility index (Phi) is 5.47. The van der Waals surface area contributed by atoms with Crippen LogP contribution < -0.4 is 10.0 Å². The van der Waals surface area contributed by atoms with Crippen LogP contribution in [0.5, 0.6) is 0 Å². The number of carbonyl (C=O) groups is 1. The normalized spacial score (nSPS) is 14.7. The van der Waals surface area contributed by atoms with Crippen LogP contribution in [-0.4, -0.2) is 14.3 Å². The molecule has 2 N–H and O–H groups in total. The number of rotatable bonds is 6. The van der Waals surface area contributed by atoms with Gasteiger partial charge in [0.1, 0.15) is 0 Å². The molecule has 5 nitrogen and oxygen atoms in total. The van der Waals surface area contributed by atoms with Crippen molar-refractivity contribution in [3.05, 3.63) is 95.6 Å². The first-order valence-electron chi connectivity index (χ1n) is 9.55. The van der Waals surface area contributed by atoms with Crippen LogP contribution in [0.3, 0.4) is 0 Å². The lowest BCUT2D eigenvalue weighted by molar-refractivity contribution is -0.116. The standard InChI is InChI=1S/C23H22N2O3S/c26-23-14-11-19-16-20(12-13-21(19)24-23)29(27,28)25-22(18-9-5-2-6-10-18)15-17-7-3-1-4-8-17/h1-10,12-13,16,22,25H,11,14-15H2,(H,24,26). The quantitative estimate of drug-likeness (QED) is 0.653. The average molecular weight is 407 g/mol. The number of amides is 1. The minimum absolute atomic E-state index is 0.0433. The molecule has 1 atom stereocenters. The number of carbonyl (C=O) groups excluding carboxylic acids is 1. The van der Waals surface area contributed by atoms with Gasteiger partial charge in [-0.25, -0.2) is 13.1 Å². The number of hydrogen-bond acceptors (Lipinski definition) is 3. The van der Waals surface area contributed by atoms with Crippen LogP contribution in [0.15, 0.2) is 83.8 Å². The van der Waals surface area contributed by atoms with Crippen LogP contribution in [0, 0.1) is 0 Å². The van der Waals surface area contributed by atoms with E-state index < -0.39 is 10.0 Å². The van der Waals surface area contributed by atoms with E-state index >= 15 is 0 Å². The first-order valence-corrected chi connectivity index (χ1v) is 11.0. The Morgan fingerprint density at radius 1 is 0.897 bits per heavy atom. The van der Waals surface area contributed by atoms with Crippen molar-refractivity contribution in [1.29, 1.82) is 0 Å².